The number of hydrogen-bond acceptors (Lipinski definition) is 0. The van der Waals surface area contributed by atoms with Crippen molar-refractivity contribution in [2.45, 2.75) is 111 Å². The Balaban J connectivity index is 0.00000249. The summed E-state index contributed by atoms with van der Waals surface area (Å²) in [6.07, 6.45) is 12.9. The van der Waals surface area contributed by atoms with E-state index in [4.69, 9.17) is 0 Å². The molecule has 7 aromatic rings. The van der Waals surface area contributed by atoms with Crippen LogP contribution in [0.15, 0.2) is 140 Å². The number of halogens is 2. The third-order valence-corrected chi connectivity index (χ3v) is 12.3. The van der Waals surface area contributed by atoms with E-state index < -0.39 is 0 Å². The van der Waals surface area contributed by atoms with Gasteiger partial charge in [-0.05, 0) is 72.6 Å². The second-order valence-corrected chi connectivity index (χ2v) is 21.2. The second kappa shape index (κ2) is 18.8. The van der Waals surface area contributed by atoms with E-state index in [-0.39, 0.29) is 72.7 Å². The normalized spacial score (nSPS) is 13.8. The van der Waals surface area contributed by atoms with Crippen LogP contribution in [0.2, 0.25) is 0 Å². The third kappa shape index (κ3) is 9.93. The van der Waals surface area contributed by atoms with Gasteiger partial charge in [-0.2, -0.15) is 0 Å². The molecule has 0 heterocycles. The van der Waals surface area contributed by atoms with Crippen molar-refractivity contribution in [1.82, 2.24) is 0 Å². The molecule has 1 aliphatic rings. The SMILES string of the molecule is CC(C)(C)c1cc2[cH-]c3c(C4=CC=CC4)c(C(C)(C)C)c(C(C)(C)C)c(=Cc4ccc(-c5ccccc5)cc4)c3c2c(=Cc2ccc(-c3ccccc3)cc2)c1C(C)(C)C.[Cl-].[Cl-].[Zr+3]. The molecular formula is C60H63Cl2Zr. The summed E-state index contributed by atoms with van der Waals surface area (Å²) in [5, 5.41) is 8.11. The van der Waals surface area contributed by atoms with Crippen molar-refractivity contribution in [3.8, 4) is 22.3 Å². The van der Waals surface area contributed by atoms with Crippen molar-refractivity contribution >= 4 is 39.3 Å². The maximum Gasteiger partial charge on any atom is 3.00 e. The molecule has 0 saturated heterocycles. The fourth-order valence-corrected chi connectivity index (χ4v) is 9.80. The van der Waals surface area contributed by atoms with Crippen molar-refractivity contribution in [1.29, 1.82) is 0 Å². The molecule has 0 nitrogen and oxygen atoms in total. The van der Waals surface area contributed by atoms with E-state index in [0.29, 0.717) is 0 Å². The van der Waals surface area contributed by atoms with Gasteiger partial charge in [-0.25, -0.2) is 0 Å². The van der Waals surface area contributed by atoms with Crippen LogP contribution in [0.1, 0.15) is 128 Å². The monoisotopic (exact) mass is 943 g/mol. The number of hydrogen-bond donors (Lipinski definition) is 0. The Morgan fingerprint density at radius 2 is 0.905 bits per heavy atom. The Morgan fingerprint density at radius 1 is 0.476 bits per heavy atom. The van der Waals surface area contributed by atoms with Gasteiger partial charge in [0.15, 0.2) is 0 Å². The first-order chi connectivity index (χ1) is 28.3. The van der Waals surface area contributed by atoms with Crippen molar-refractivity contribution in [3.05, 3.63) is 189 Å². The van der Waals surface area contributed by atoms with Crippen LogP contribution in [0.25, 0.3) is 61.5 Å². The molecule has 0 unspecified atom stereocenters. The average molecular weight is 946 g/mol. The quantitative estimate of drug-likeness (QED) is 0.151. The molecule has 0 N–H and O–H groups in total. The van der Waals surface area contributed by atoms with Crippen LogP contribution in [0.5, 0.6) is 0 Å². The fourth-order valence-electron chi connectivity index (χ4n) is 9.80. The molecule has 321 valence electrons. The van der Waals surface area contributed by atoms with Crippen LogP contribution in [0, 0.1) is 0 Å². The molecule has 63 heavy (non-hydrogen) atoms. The van der Waals surface area contributed by atoms with Crippen LogP contribution in [0.4, 0.5) is 0 Å². The molecule has 8 rings (SSSR count). The summed E-state index contributed by atoms with van der Waals surface area (Å²) in [5.74, 6) is 0. The Morgan fingerprint density at radius 3 is 1.30 bits per heavy atom. The van der Waals surface area contributed by atoms with E-state index in [0.717, 1.165) is 6.42 Å². The Kier molecular flexibility index (Phi) is 14.9. The number of fused-ring (bicyclic) bond motifs is 3. The summed E-state index contributed by atoms with van der Waals surface area (Å²) >= 11 is 0. The molecule has 0 atom stereocenters. The number of allylic oxidation sites excluding steroid dienone is 4. The van der Waals surface area contributed by atoms with E-state index in [1.165, 1.54) is 98.8 Å². The van der Waals surface area contributed by atoms with Crippen LogP contribution < -0.4 is 35.3 Å². The first kappa shape index (κ1) is 49.9. The molecule has 0 aliphatic heterocycles. The maximum absolute atomic E-state index is 2.56. The van der Waals surface area contributed by atoms with Gasteiger partial charge >= 0.3 is 26.2 Å². The van der Waals surface area contributed by atoms with Crippen LogP contribution in [-0.2, 0) is 47.9 Å². The van der Waals surface area contributed by atoms with Crippen LogP contribution >= 0.6 is 0 Å². The molecular weight excluding hydrogens is 883 g/mol. The molecule has 0 amide bonds. The fraction of sp³-hybridized carbons (Fsp3) is 0.283. The van der Waals surface area contributed by atoms with Gasteiger partial charge in [0.2, 0.25) is 0 Å². The minimum atomic E-state index is -0.146. The van der Waals surface area contributed by atoms with Crippen molar-refractivity contribution < 1.29 is 51.0 Å². The van der Waals surface area contributed by atoms with Gasteiger partial charge in [0.05, 0.1) is 0 Å². The topological polar surface area (TPSA) is 0 Å². The van der Waals surface area contributed by atoms with Gasteiger partial charge in [0.25, 0.3) is 0 Å². The molecule has 0 bridgehead atoms. The Bertz CT molecular complexity index is 2920. The zero-order valence-electron chi connectivity index (χ0n) is 39.4. The summed E-state index contributed by atoms with van der Waals surface area (Å²) in [4.78, 5) is 0. The zero-order chi connectivity index (χ0) is 42.8. The van der Waals surface area contributed by atoms with Gasteiger partial charge < -0.3 is 24.8 Å². The summed E-state index contributed by atoms with van der Waals surface area (Å²) in [6, 6.07) is 45.0. The average Bonchev–Trinajstić information content (AvgIpc) is 3.86. The van der Waals surface area contributed by atoms with Crippen molar-refractivity contribution in [2.24, 2.45) is 0 Å². The minimum absolute atomic E-state index is 0. The van der Waals surface area contributed by atoms with Gasteiger partial charge in [0, 0.05) is 0 Å². The zero-order valence-corrected chi connectivity index (χ0v) is 43.4. The minimum Gasteiger partial charge on any atom is -1.00 e. The molecule has 0 saturated carbocycles. The maximum atomic E-state index is 2.56. The molecule has 0 spiro atoms. The first-order valence-corrected chi connectivity index (χ1v) is 22.0. The predicted octanol–water partition coefficient (Wildman–Crippen LogP) is 9.24. The largest absolute Gasteiger partial charge is 3.00 e. The first-order valence-electron chi connectivity index (χ1n) is 22.0. The molecule has 0 aromatic heterocycles. The Hall–Kier alpha value is -4.13. The van der Waals surface area contributed by atoms with Gasteiger partial charge in [0.1, 0.15) is 0 Å². The molecule has 7 aromatic carbocycles. The summed E-state index contributed by atoms with van der Waals surface area (Å²) in [6.45, 7) is 28.9. The summed E-state index contributed by atoms with van der Waals surface area (Å²) in [7, 11) is 0. The van der Waals surface area contributed by atoms with E-state index in [2.05, 4.69) is 235 Å². The van der Waals surface area contributed by atoms with Crippen LogP contribution in [-0.4, -0.2) is 0 Å². The number of benzene rings is 6. The van der Waals surface area contributed by atoms with Crippen molar-refractivity contribution in [3.63, 3.8) is 0 Å². The Labute approximate surface area is 409 Å². The summed E-state index contributed by atoms with van der Waals surface area (Å²) in [5.41, 5.74) is 15.5. The smallest absolute Gasteiger partial charge is 1.00 e. The van der Waals surface area contributed by atoms with E-state index >= 15 is 0 Å². The standard InChI is InChI=1S/C60H63.2ClH.Zr/c1-57(2,3)50-38-46-37-47-52(45-25-19-20-26-45)56(60(10,11)12)55(59(7,8)9)49(36-40-29-33-44(34-30-40)42-23-17-14-18-24-42)53(47)51(46)48(54(50)58(4,5)6)35-39-27-31-43(32-28-39)41-21-15-13-16-22-41;;;/h13-25,27-38H,26H2,1-12H3;2*1H;/q-1;;;+3/p-2. The molecule has 1 radical (unpaired) electrons. The van der Waals surface area contributed by atoms with E-state index in [1.54, 1.807) is 0 Å². The number of rotatable bonds is 5. The van der Waals surface area contributed by atoms with Crippen molar-refractivity contribution in [2.75, 3.05) is 0 Å². The van der Waals surface area contributed by atoms with E-state index in [1.807, 2.05) is 0 Å². The van der Waals surface area contributed by atoms with Gasteiger partial charge in [-0.15, -0.1) is 33.7 Å². The van der Waals surface area contributed by atoms with E-state index in [9.17, 15) is 0 Å². The molecule has 0 fully saturated rings. The van der Waals surface area contributed by atoms with Gasteiger partial charge in [-0.3, -0.25) is 0 Å². The summed E-state index contributed by atoms with van der Waals surface area (Å²) < 4.78 is 0. The second-order valence-electron chi connectivity index (χ2n) is 21.2. The van der Waals surface area contributed by atoms with Crippen LogP contribution in [0.3, 0.4) is 0 Å². The predicted molar refractivity (Wildman–Crippen MR) is 264 cm³/mol. The molecule has 1 aliphatic carbocycles. The third-order valence-electron chi connectivity index (χ3n) is 12.3. The molecule has 3 heteroatoms. The van der Waals surface area contributed by atoms with Gasteiger partial charge in [-0.1, -0.05) is 255 Å².